The van der Waals surface area contributed by atoms with Crippen molar-refractivity contribution >= 4 is 11.7 Å². The third kappa shape index (κ3) is 3.14. The molecule has 0 saturated carbocycles. The van der Waals surface area contributed by atoms with Gasteiger partial charge in [0.05, 0.1) is 5.69 Å². The van der Waals surface area contributed by atoms with Crippen LogP contribution in [0.5, 0.6) is 11.5 Å². The van der Waals surface area contributed by atoms with Crippen molar-refractivity contribution in [3.05, 3.63) is 47.5 Å². The van der Waals surface area contributed by atoms with Crippen LogP contribution in [-0.4, -0.2) is 49.8 Å². The standard InChI is InChI=1S/C19H17F2N5O3/c1-11-7-14(26-18(24-11)22-10-23-26)13-3-2-6-25(9-13)17(27)12-4-5-15-16(8-12)29-19(20,21)28-15/h4-5,7-8,10,13H,2-3,6,9H2,1H3. The second-order valence-electron chi connectivity index (χ2n) is 7.21. The van der Waals surface area contributed by atoms with E-state index in [0.717, 1.165) is 24.2 Å². The minimum Gasteiger partial charge on any atom is -0.395 e. The average Bonchev–Trinajstić information content (AvgIpc) is 3.28. The van der Waals surface area contributed by atoms with Crippen molar-refractivity contribution in [2.75, 3.05) is 13.1 Å². The first-order chi connectivity index (χ1) is 13.9. The van der Waals surface area contributed by atoms with Gasteiger partial charge in [0, 0.05) is 30.3 Å². The third-order valence-corrected chi connectivity index (χ3v) is 5.18. The van der Waals surface area contributed by atoms with Crippen LogP contribution in [0.1, 0.15) is 40.5 Å². The lowest BCUT2D eigenvalue weighted by molar-refractivity contribution is -0.286. The molecule has 0 aliphatic carbocycles. The van der Waals surface area contributed by atoms with Gasteiger partial charge in [-0.1, -0.05) is 0 Å². The molecule has 1 fully saturated rings. The number of benzene rings is 1. The normalized spacial score (nSPS) is 20.2. The van der Waals surface area contributed by atoms with Crippen LogP contribution in [-0.2, 0) is 0 Å². The van der Waals surface area contributed by atoms with Gasteiger partial charge < -0.3 is 14.4 Å². The number of halogens is 2. The van der Waals surface area contributed by atoms with Crippen LogP contribution in [0, 0.1) is 6.92 Å². The van der Waals surface area contributed by atoms with Gasteiger partial charge in [-0.2, -0.15) is 10.1 Å². The van der Waals surface area contributed by atoms with Gasteiger partial charge in [0.15, 0.2) is 11.5 Å². The summed E-state index contributed by atoms with van der Waals surface area (Å²) < 4.78 is 37.0. The molecule has 2 aromatic heterocycles. The van der Waals surface area contributed by atoms with Gasteiger partial charge in [-0.25, -0.2) is 9.50 Å². The molecular formula is C19H17F2N5O3. The average molecular weight is 401 g/mol. The van der Waals surface area contributed by atoms with Gasteiger partial charge in [-0.3, -0.25) is 4.79 Å². The van der Waals surface area contributed by atoms with Gasteiger partial charge in [-0.15, -0.1) is 8.78 Å². The number of hydrogen-bond acceptors (Lipinski definition) is 6. The Morgan fingerprint density at radius 1 is 1.24 bits per heavy atom. The summed E-state index contributed by atoms with van der Waals surface area (Å²) in [5.74, 6) is 0.140. The van der Waals surface area contributed by atoms with Crippen LogP contribution < -0.4 is 9.47 Å². The summed E-state index contributed by atoms with van der Waals surface area (Å²) in [7, 11) is 0. The first-order valence-electron chi connectivity index (χ1n) is 9.26. The lowest BCUT2D eigenvalue weighted by Gasteiger charge is -2.33. The summed E-state index contributed by atoms with van der Waals surface area (Å²) >= 11 is 0. The number of ether oxygens (including phenoxy) is 2. The zero-order valence-electron chi connectivity index (χ0n) is 15.5. The fourth-order valence-corrected chi connectivity index (χ4v) is 3.92. The Morgan fingerprint density at radius 2 is 2.07 bits per heavy atom. The molecule has 1 unspecified atom stereocenters. The number of nitrogens with zero attached hydrogens (tertiary/aromatic N) is 5. The molecule has 29 heavy (non-hydrogen) atoms. The molecule has 0 spiro atoms. The molecule has 1 amide bonds. The number of alkyl halides is 2. The highest BCUT2D eigenvalue weighted by molar-refractivity contribution is 5.95. The van der Waals surface area contributed by atoms with E-state index in [4.69, 9.17) is 0 Å². The van der Waals surface area contributed by atoms with Gasteiger partial charge in [0.25, 0.3) is 11.7 Å². The molecular weight excluding hydrogens is 384 g/mol. The molecule has 8 nitrogen and oxygen atoms in total. The highest BCUT2D eigenvalue weighted by Gasteiger charge is 2.43. The largest absolute Gasteiger partial charge is 0.586 e. The molecule has 1 atom stereocenters. The Morgan fingerprint density at radius 3 is 2.93 bits per heavy atom. The quantitative estimate of drug-likeness (QED) is 0.657. The number of fused-ring (bicyclic) bond motifs is 2. The number of carbonyl (C=O) groups is 1. The van der Waals surface area contributed by atoms with E-state index in [1.807, 2.05) is 13.0 Å². The van der Waals surface area contributed by atoms with Crippen molar-refractivity contribution in [3.63, 3.8) is 0 Å². The Labute approximate surface area is 164 Å². The highest BCUT2D eigenvalue weighted by atomic mass is 19.3. The van der Waals surface area contributed by atoms with E-state index in [0.29, 0.717) is 18.9 Å². The third-order valence-electron chi connectivity index (χ3n) is 5.18. The molecule has 3 aromatic rings. The second kappa shape index (κ2) is 6.36. The first-order valence-corrected chi connectivity index (χ1v) is 9.26. The summed E-state index contributed by atoms with van der Waals surface area (Å²) in [6.45, 7) is 2.97. The number of carbonyl (C=O) groups excluding carboxylic acids is 1. The smallest absolute Gasteiger partial charge is 0.395 e. The van der Waals surface area contributed by atoms with Crippen LogP contribution in [0.2, 0.25) is 0 Å². The molecule has 0 N–H and O–H groups in total. The van der Waals surface area contributed by atoms with E-state index in [1.165, 1.54) is 24.5 Å². The van der Waals surface area contributed by atoms with Crippen molar-refractivity contribution in [2.24, 2.45) is 0 Å². The molecule has 0 bridgehead atoms. The Bertz CT molecular complexity index is 1120. The molecule has 0 radical (unpaired) electrons. The number of rotatable bonds is 2. The van der Waals surface area contributed by atoms with Gasteiger partial charge in [0.1, 0.15) is 6.33 Å². The van der Waals surface area contributed by atoms with Gasteiger partial charge >= 0.3 is 6.29 Å². The van der Waals surface area contributed by atoms with E-state index in [1.54, 1.807) is 9.42 Å². The van der Waals surface area contributed by atoms with Crippen molar-refractivity contribution in [1.82, 2.24) is 24.5 Å². The van der Waals surface area contributed by atoms with E-state index >= 15 is 0 Å². The van der Waals surface area contributed by atoms with E-state index in [-0.39, 0.29) is 28.9 Å². The van der Waals surface area contributed by atoms with Crippen LogP contribution >= 0.6 is 0 Å². The summed E-state index contributed by atoms with van der Waals surface area (Å²) in [4.78, 5) is 23.3. The molecule has 4 heterocycles. The SMILES string of the molecule is Cc1cc(C2CCCN(C(=O)c3ccc4c(c3)OC(F)(F)O4)C2)n2ncnc2n1. The molecule has 10 heteroatoms. The molecule has 2 aliphatic heterocycles. The van der Waals surface area contributed by atoms with Crippen LogP contribution in [0.25, 0.3) is 5.78 Å². The van der Waals surface area contributed by atoms with Crippen molar-refractivity contribution < 1.29 is 23.0 Å². The summed E-state index contributed by atoms with van der Waals surface area (Å²) in [5.41, 5.74) is 2.07. The Hall–Kier alpha value is -3.30. The van der Waals surface area contributed by atoms with Crippen LogP contribution in [0.4, 0.5) is 8.78 Å². The lowest BCUT2D eigenvalue weighted by Crippen LogP contribution is -2.39. The first kappa shape index (κ1) is 17.8. The van der Waals surface area contributed by atoms with Crippen molar-refractivity contribution in [1.29, 1.82) is 0 Å². The molecule has 2 aliphatic rings. The number of piperidine rings is 1. The molecule has 150 valence electrons. The Balaban J connectivity index is 1.40. The van der Waals surface area contributed by atoms with E-state index in [2.05, 4.69) is 24.5 Å². The van der Waals surface area contributed by atoms with Crippen molar-refractivity contribution in [2.45, 2.75) is 32.0 Å². The molecule has 5 rings (SSSR count). The minimum absolute atomic E-state index is 0.0666. The topological polar surface area (TPSA) is 81.9 Å². The molecule has 1 aromatic carbocycles. The summed E-state index contributed by atoms with van der Waals surface area (Å²) in [5, 5.41) is 4.25. The van der Waals surface area contributed by atoms with Crippen LogP contribution in [0.3, 0.4) is 0 Å². The number of aryl methyl sites for hydroxylation is 1. The number of amides is 1. The maximum atomic E-state index is 13.2. The fourth-order valence-electron chi connectivity index (χ4n) is 3.92. The summed E-state index contributed by atoms with van der Waals surface area (Å²) in [6.07, 6.45) is -0.534. The predicted molar refractivity (Wildman–Crippen MR) is 96.0 cm³/mol. The summed E-state index contributed by atoms with van der Waals surface area (Å²) in [6, 6.07) is 6.06. The lowest BCUT2D eigenvalue weighted by atomic mass is 9.93. The molecule has 1 saturated heterocycles. The highest BCUT2D eigenvalue weighted by Crippen LogP contribution is 2.41. The second-order valence-corrected chi connectivity index (χ2v) is 7.21. The maximum Gasteiger partial charge on any atom is 0.586 e. The monoisotopic (exact) mass is 401 g/mol. The number of likely N-dealkylation sites (tertiary alicyclic amines) is 1. The Kier molecular flexibility index (Phi) is 3.90. The zero-order chi connectivity index (χ0) is 20.2. The predicted octanol–water partition coefficient (Wildman–Crippen LogP) is 2.77. The van der Waals surface area contributed by atoms with E-state index < -0.39 is 6.29 Å². The maximum absolute atomic E-state index is 13.2. The van der Waals surface area contributed by atoms with E-state index in [9.17, 15) is 13.6 Å². The van der Waals surface area contributed by atoms with Crippen molar-refractivity contribution in [3.8, 4) is 11.5 Å². The van der Waals surface area contributed by atoms with Gasteiger partial charge in [0.2, 0.25) is 0 Å². The van der Waals surface area contributed by atoms with Gasteiger partial charge in [-0.05, 0) is 44.0 Å². The number of aromatic nitrogens is 4. The fraction of sp³-hybridized carbons (Fsp3) is 0.368. The van der Waals surface area contributed by atoms with Crippen LogP contribution in [0.15, 0.2) is 30.6 Å². The number of hydrogen-bond donors (Lipinski definition) is 0. The minimum atomic E-state index is -3.71. The zero-order valence-corrected chi connectivity index (χ0v) is 15.5.